The zero-order valence-corrected chi connectivity index (χ0v) is 13.6. The highest BCUT2D eigenvalue weighted by molar-refractivity contribution is 7.89. The molecular weight excluding hydrogens is 324 g/mol. The summed E-state index contributed by atoms with van der Waals surface area (Å²) in [5.41, 5.74) is 1.74. The van der Waals surface area contributed by atoms with Crippen molar-refractivity contribution in [2.75, 3.05) is 11.9 Å². The molecule has 0 aliphatic carbocycles. The van der Waals surface area contributed by atoms with Crippen LogP contribution in [-0.4, -0.2) is 31.1 Å². The minimum atomic E-state index is -3.61. The SMILES string of the molecule is CCCCNS(=O)(=O)c1cccc(C(=O)Nc2nncs2)c1. The molecule has 1 heterocycles. The van der Waals surface area contributed by atoms with Crippen LogP contribution in [0.25, 0.3) is 0 Å². The first kappa shape index (κ1) is 16.5. The van der Waals surface area contributed by atoms with Gasteiger partial charge in [-0.2, -0.15) is 0 Å². The largest absolute Gasteiger partial charge is 0.296 e. The first-order chi connectivity index (χ1) is 10.5. The van der Waals surface area contributed by atoms with Gasteiger partial charge in [-0.3, -0.25) is 10.1 Å². The summed E-state index contributed by atoms with van der Waals surface area (Å²) in [6, 6.07) is 5.87. The van der Waals surface area contributed by atoms with Crippen LogP contribution in [0.3, 0.4) is 0 Å². The highest BCUT2D eigenvalue weighted by Gasteiger charge is 2.16. The molecule has 0 fully saturated rings. The maximum Gasteiger partial charge on any atom is 0.257 e. The van der Waals surface area contributed by atoms with Crippen molar-refractivity contribution in [1.29, 1.82) is 0 Å². The zero-order valence-electron chi connectivity index (χ0n) is 11.9. The van der Waals surface area contributed by atoms with Crippen LogP contribution in [-0.2, 0) is 10.0 Å². The molecule has 0 aliphatic heterocycles. The first-order valence-corrected chi connectivity index (χ1v) is 9.06. The van der Waals surface area contributed by atoms with Gasteiger partial charge in [0.05, 0.1) is 4.90 Å². The number of anilines is 1. The lowest BCUT2D eigenvalue weighted by Gasteiger charge is -2.07. The van der Waals surface area contributed by atoms with Crippen molar-refractivity contribution in [2.45, 2.75) is 24.7 Å². The average Bonchev–Trinajstić information content (AvgIpc) is 3.00. The Morgan fingerprint density at radius 2 is 2.18 bits per heavy atom. The Morgan fingerprint density at radius 1 is 1.36 bits per heavy atom. The van der Waals surface area contributed by atoms with Crippen LogP contribution in [0, 0.1) is 0 Å². The monoisotopic (exact) mass is 340 g/mol. The van der Waals surface area contributed by atoms with Crippen molar-refractivity contribution in [1.82, 2.24) is 14.9 Å². The molecule has 2 aromatic rings. The number of carbonyl (C=O) groups is 1. The number of unbranched alkanes of at least 4 members (excludes halogenated alkanes) is 1. The van der Waals surface area contributed by atoms with Crippen molar-refractivity contribution in [3.05, 3.63) is 35.3 Å². The van der Waals surface area contributed by atoms with Gasteiger partial charge < -0.3 is 0 Å². The van der Waals surface area contributed by atoms with Gasteiger partial charge in [0.1, 0.15) is 5.51 Å². The molecule has 0 spiro atoms. The Bertz CT molecular complexity index is 730. The number of amides is 1. The highest BCUT2D eigenvalue weighted by atomic mass is 32.2. The standard InChI is InChI=1S/C13H16N4O3S2/c1-2-3-7-15-22(19,20)11-6-4-5-10(8-11)12(18)16-13-17-14-9-21-13/h4-6,8-9,15H,2-3,7H2,1H3,(H,16,17,18). The van der Waals surface area contributed by atoms with Crippen molar-refractivity contribution >= 4 is 32.4 Å². The van der Waals surface area contributed by atoms with E-state index in [2.05, 4.69) is 20.2 Å². The Labute approximate surface area is 132 Å². The molecular formula is C13H16N4O3S2. The van der Waals surface area contributed by atoms with E-state index in [0.29, 0.717) is 11.7 Å². The normalized spacial score (nSPS) is 11.3. The number of aromatic nitrogens is 2. The second-order valence-electron chi connectivity index (χ2n) is 4.48. The smallest absolute Gasteiger partial charge is 0.257 e. The third kappa shape index (κ3) is 4.33. The number of hydrogen-bond donors (Lipinski definition) is 2. The summed E-state index contributed by atoms with van der Waals surface area (Å²) >= 11 is 1.18. The van der Waals surface area contributed by atoms with Crippen molar-refractivity contribution < 1.29 is 13.2 Å². The predicted molar refractivity (Wildman–Crippen MR) is 84.4 cm³/mol. The van der Waals surface area contributed by atoms with E-state index in [1.54, 1.807) is 6.07 Å². The molecule has 0 unspecified atom stereocenters. The molecule has 7 nitrogen and oxygen atoms in total. The Hall–Kier alpha value is -1.84. The van der Waals surface area contributed by atoms with Crippen LogP contribution in [0.4, 0.5) is 5.13 Å². The topological polar surface area (TPSA) is 101 Å². The Balaban J connectivity index is 2.14. The maximum absolute atomic E-state index is 12.1. The molecule has 1 aromatic carbocycles. The molecule has 0 saturated heterocycles. The third-order valence-electron chi connectivity index (χ3n) is 2.81. The molecule has 1 aromatic heterocycles. The summed E-state index contributed by atoms with van der Waals surface area (Å²) in [6.45, 7) is 2.35. The highest BCUT2D eigenvalue weighted by Crippen LogP contribution is 2.14. The van der Waals surface area contributed by atoms with E-state index < -0.39 is 15.9 Å². The van der Waals surface area contributed by atoms with Crippen LogP contribution in [0.1, 0.15) is 30.1 Å². The molecule has 2 N–H and O–H groups in total. The summed E-state index contributed by atoms with van der Waals surface area (Å²) in [4.78, 5) is 12.1. The van der Waals surface area contributed by atoms with E-state index >= 15 is 0 Å². The summed E-state index contributed by atoms with van der Waals surface area (Å²) in [7, 11) is -3.61. The third-order valence-corrected chi connectivity index (χ3v) is 4.87. The molecule has 0 atom stereocenters. The molecule has 22 heavy (non-hydrogen) atoms. The van der Waals surface area contributed by atoms with E-state index in [1.165, 1.54) is 35.0 Å². The minimum Gasteiger partial charge on any atom is -0.296 e. The first-order valence-electron chi connectivity index (χ1n) is 6.70. The lowest BCUT2D eigenvalue weighted by atomic mass is 10.2. The molecule has 2 rings (SSSR count). The van der Waals surface area contributed by atoms with Crippen LogP contribution in [0.2, 0.25) is 0 Å². The number of carbonyl (C=O) groups excluding carboxylic acids is 1. The van der Waals surface area contributed by atoms with Crippen LogP contribution < -0.4 is 10.0 Å². The fraction of sp³-hybridized carbons (Fsp3) is 0.308. The fourth-order valence-electron chi connectivity index (χ4n) is 1.67. The summed E-state index contributed by atoms with van der Waals surface area (Å²) < 4.78 is 26.8. The quantitative estimate of drug-likeness (QED) is 0.749. The molecule has 0 radical (unpaired) electrons. The van der Waals surface area contributed by atoms with Gasteiger partial charge in [-0.05, 0) is 24.6 Å². The minimum absolute atomic E-state index is 0.0634. The van der Waals surface area contributed by atoms with Gasteiger partial charge in [-0.1, -0.05) is 30.7 Å². The van der Waals surface area contributed by atoms with E-state index in [9.17, 15) is 13.2 Å². The summed E-state index contributed by atoms with van der Waals surface area (Å²) in [5, 5.41) is 10.2. The number of nitrogens with zero attached hydrogens (tertiary/aromatic N) is 2. The molecule has 0 bridgehead atoms. The lowest BCUT2D eigenvalue weighted by molar-refractivity contribution is 0.102. The molecule has 9 heteroatoms. The summed E-state index contributed by atoms with van der Waals surface area (Å²) in [6.07, 6.45) is 1.66. The van der Waals surface area contributed by atoms with Gasteiger partial charge in [0.15, 0.2) is 0 Å². The van der Waals surface area contributed by atoms with Crippen molar-refractivity contribution in [3.8, 4) is 0 Å². The van der Waals surface area contributed by atoms with Gasteiger partial charge >= 0.3 is 0 Å². The van der Waals surface area contributed by atoms with E-state index in [4.69, 9.17) is 0 Å². The van der Waals surface area contributed by atoms with Crippen molar-refractivity contribution in [2.24, 2.45) is 0 Å². The van der Waals surface area contributed by atoms with Crippen LogP contribution >= 0.6 is 11.3 Å². The number of nitrogens with one attached hydrogen (secondary N) is 2. The number of hydrogen-bond acceptors (Lipinski definition) is 6. The number of benzene rings is 1. The summed E-state index contributed by atoms with van der Waals surface area (Å²) in [5.74, 6) is -0.428. The van der Waals surface area contributed by atoms with Gasteiger partial charge in [-0.15, -0.1) is 10.2 Å². The van der Waals surface area contributed by atoms with Gasteiger partial charge in [0.2, 0.25) is 15.2 Å². The Morgan fingerprint density at radius 3 is 2.86 bits per heavy atom. The van der Waals surface area contributed by atoms with E-state index in [-0.39, 0.29) is 10.5 Å². The second kappa shape index (κ2) is 7.43. The molecule has 0 saturated carbocycles. The van der Waals surface area contributed by atoms with E-state index in [1.807, 2.05) is 6.92 Å². The predicted octanol–water partition coefficient (Wildman–Crippen LogP) is 1.87. The van der Waals surface area contributed by atoms with Gasteiger partial charge in [0, 0.05) is 12.1 Å². The van der Waals surface area contributed by atoms with Gasteiger partial charge in [-0.25, -0.2) is 13.1 Å². The maximum atomic E-state index is 12.1. The second-order valence-corrected chi connectivity index (χ2v) is 7.08. The molecule has 1 amide bonds. The van der Waals surface area contributed by atoms with Crippen LogP contribution in [0.15, 0.2) is 34.7 Å². The van der Waals surface area contributed by atoms with Crippen molar-refractivity contribution in [3.63, 3.8) is 0 Å². The van der Waals surface area contributed by atoms with Crippen LogP contribution in [0.5, 0.6) is 0 Å². The fourth-order valence-corrected chi connectivity index (χ4v) is 3.23. The number of rotatable bonds is 7. The van der Waals surface area contributed by atoms with Gasteiger partial charge in [0.25, 0.3) is 5.91 Å². The number of sulfonamides is 1. The molecule has 0 aliphatic rings. The molecule has 118 valence electrons. The lowest BCUT2D eigenvalue weighted by Crippen LogP contribution is -2.25. The van der Waals surface area contributed by atoms with E-state index in [0.717, 1.165) is 12.8 Å². The Kier molecular flexibility index (Phi) is 5.58. The average molecular weight is 340 g/mol. The zero-order chi connectivity index (χ0) is 16.0.